The highest BCUT2D eigenvalue weighted by atomic mass is 19.1. The van der Waals surface area contributed by atoms with Crippen molar-refractivity contribution in [1.82, 2.24) is 5.32 Å². The molecule has 0 heterocycles. The lowest BCUT2D eigenvalue weighted by atomic mass is 10.0. The second-order valence-electron chi connectivity index (χ2n) is 6.52. The molecule has 2 aromatic carbocycles. The smallest absolute Gasteiger partial charge is 0.305 e. The lowest BCUT2D eigenvalue weighted by molar-refractivity contribution is -0.137. The molecule has 2 amide bonds. The Balaban J connectivity index is 1.73. The van der Waals surface area contributed by atoms with Gasteiger partial charge in [0.25, 0.3) is 5.91 Å². The van der Waals surface area contributed by atoms with Gasteiger partial charge in [-0.15, -0.1) is 0 Å². The summed E-state index contributed by atoms with van der Waals surface area (Å²) >= 11 is 0. The van der Waals surface area contributed by atoms with Gasteiger partial charge in [0, 0.05) is 17.2 Å². The number of nitrogens with one attached hydrogen (secondary N) is 2. The van der Waals surface area contributed by atoms with Crippen LogP contribution >= 0.6 is 0 Å². The van der Waals surface area contributed by atoms with Crippen LogP contribution in [-0.2, 0) is 9.59 Å². The number of carbonyl (C=O) groups is 3. The van der Waals surface area contributed by atoms with Gasteiger partial charge in [0.1, 0.15) is 5.82 Å². The Bertz CT molecular complexity index is 863. The lowest BCUT2D eigenvalue weighted by Crippen LogP contribution is -2.30. The minimum atomic E-state index is -1.09. The minimum absolute atomic E-state index is 0.0425. The zero-order valence-electron chi connectivity index (χ0n) is 14.4. The average molecular weight is 370 g/mol. The molecule has 0 radical (unpaired) electrons. The monoisotopic (exact) mass is 370 g/mol. The van der Waals surface area contributed by atoms with E-state index >= 15 is 0 Å². The molecule has 27 heavy (non-hydrogen) atoms. The Kier molecular flexibility index (Phi) is 5.49. The molecular weight excluding hydrogens is 351 g/mol. The molecule has 2 aromatic rings. The van der Waals surface area contributed by atoms with E-state index in [1.165, 1.54) is 30.3 Å². The second kappa shape index (κ2) is 7.99. The predicted molar refractivity (Wildman–Crippen MR) is 96.7 cm³/mol. The second-order valence-corrected chi connectivity index (χ2v) is 6.52. The van der Waals surface area contributed by atoms with Crippen LogP contribution in [0.3, 0.4) is 0 Å². The number of benzene rings is 2. The van der Waals surface area contributed by atoms with Crippen LogP contribution in [0.15, 0.2) is 48.5 Å². The van der Waals surface area contributed by atoms with Crippen molar-refractivity contribution in [2.45, 2.75) is 25.3 Å². The van der Waals surface area contributed by atoms with Crippen LogP contribution < -0.4 is 10.6 Å². The normalized spacial score (nSPS) is 14.3. The molecule has 140 valence electrons. The first-order chi connectivity index (χ1) is 12.9. The molecule has 1 saturated carbocycles. The van der Waals surface area contributed by atoms with E-state index in [4.69, 9.17) is 5.11 Å². The van der Waals surface area contributed by atoms with Crippen molar-refractivity contribution in [2.24, 2.45) is 5.92 Å². The molecule has 1 fully saturated rings. The van der Waals surface area contributed by atoms with Crippen LogP contribution in [0.2, 0.25) is 0 Å². The summed E-state index contributed by atoms with van der Waals surface area (Å²) in [4.78, 5) is 35.6. The highest BCUT2D eigenvalue weighted by Crippen LogP contribution is 2.30. The Hall–Kier alpha value is -3.22. The molecule has 0 aliphatic heterocycles. The summed E-state index contributed by atoms with van der Waals surface area (Å²) in [5, 5.41) is 14.5. The zero-order chi connectivity index (χ0) is 19.4. The minimum Gasteiger partial charge on any atom is -0.481 e. The van der Waals surface area contributed by atoms with Crippen molar-refractivity contribution in [2.75, 3.05) is 5.32 Å². The molecule has 3 rings (SSSR count). The van der Waals surface area contributed by atoms with E-state index in [2.05, 4.69) is 10.6 Å². The Morgan fingerprint density at radius 3 is 2.44 bits per heavy atom. The van der Waals surface area contributed by atoms with Crippen molar-refractivity contribution in [3.8, 4) is 0 Å². The van der Waals surface area contributed by atoms with Crippen molar-refractivity contribution in [3.05, 3.63) is 65.5 Å². The Morgan fingerprint density at radius 1 is 1.11 bits per heavy atom. The van der Waals surface area contributed by atoms with E-state index in [1.54, 1.807) is 18.2 Å². The van der Waals surface area contributed by atoms with Gasteiger partial charge >= 0.3 is 5.97 Å². The van der Waals surface area contributed by atoms with Gasteiger partial charge in [-0.05, 0) is 48.7 Å². The molecule has 0 bridgehead atoms. The summed E-state index contributed by atoms with van der Waals surface area (Å²) in [6, 6.07) is 10.9. The Morgan fingerprint density at radius 2 is 1.81 bits per heavy atom. The predicted octanol–water partition coefficient (Wildman–Crippen LogP) is 3.12. The average Bonchev–Trinajstić information content (AvgIpc) is 3.47. The third-order valence-electron chi connectivity index (χ3n) is 4.30. The molecule has 1 aliphatic rings. The maximum Gasteiger partial charge on any atom is 0.305 e. The standard InChI is InChI=1S/C20H19FN2O4/c21-15-8-6-12(7-9-15)17(11-18(24)25)23-20(27)14-2-1-3-16(10-14)22-19(26)13-4-5-13/h1-3,6-10,13,17H,4-5,11H2,(H,22,26)(H,23,27)(H,24,25). The fourth-order valence-electron chi connectivity index (χ4n) is 2.69. The maximum absolute atomic E-state index is 13.1. The first kappa shape index (κ1) is 18.6. The van der Waals surface area contributed by atoms with E-state index in [-0.39, 0.29) is 18.2 Å². The van der Waals surface area contributed by atoms with Gasteiger partial charge in [-0.1, -0.05) is 18.2 Å². The van der Waals surface area contributed by atoms with Crippen LogP contribution in [0.4, 0.5) is 10.1 Å². The van der Waals surface area contributed by atoms with Crippen LogP contribution in [0.5, 0.6) is 0 Å². The number of aliphatic carboxylic acids is 1. The van der Waals surface area contributed by atoms with Gasteiger partial charge in [-0.2, -0.15) is 0 Å². The number of rotatable bonds is 7. The summed E-state index contributed by atoms with van der Waals surface area (Å²) in [5.41, 5.74) is 1.29. The van der Waals surface area contributed by atoms with Crippen LogP contribution in [0.1, 0.15) is 41.2 Å². The third-order valence-corrected chi connectivity index (χ3v) is 4.30. The number of carboxylic acids is 1. The van der Waals surface area contributed by atoms with Crippen molar-refractivity contribution in [1.29, 1.82) is 0 Å². The third kappa shape index (κ3) is 5.13. The molecule has 1 aliphatic carbocycles. The Labute approximate surface area is 155 Å². The van der Waals surface area contributed by atoms with Gasteiger partial charge in [0.15, 0.2) is 0 Å². The zero-order valence-corrected chi connectivity index (χ0v) is 14.4. The molecule has 1 unspecified atom stereocenters. The first-order valence-corrected chi connectivity index (χ1v) is 8.61. The van der Waals surface area contributed by atoms with Crippen molar-refractivity contribution >= 4 is 23.5 Å². The number of hydrogen-bond donors (Lipinski definition) is 3. The first-order valence-electron chi connectivity index (χ1n) is 8.61. The van der Waals surface area contributed by atoms with E-state index < -0.39 is 23.7 Å². The van der Waals surface area contributed by atoms with Gasteiger partial charge in [0.05, 0.1) is 12.5 Å². The molecule has 1 atom stereocenters. The number of halogens is 1. The largest absolute Gasteiger partial charge is 0.481 e. The quantitative estimate of drug-likeness (QED) is 0.698. The summed E-state index contributed by atoms with van der Waals surface area (Å²) in [5.74, 6) is -2.04. The SMILES string of the molecule is O=C(O)CC(NC(=O)c1cccc(NC(=O)C2CC2)c1)c1ccc(F)cc1. The number of amides is 2. The van der Waals surface area contributed by atoms with Crippen LogP contribution in [-0.4, -0.2) is 22.9 Å². The molecule has 0 saturated heterocycles. The maximum atomic E-state index is 13.1. The van der Waals surface area contributed by atoms with E-state index in [1.807, 2.05) is 0 Å². The lowest BCUT2D eigenvalue weighted by Gasteiger charge is -2.18. The van der Waals surface area contributed by atoms with E-state index in [0.717, 1.165) is 12.8 Å². The highest BCUT2D eigenvalue weighted by Gasteiger charge is 2.29. The van der Waals surface area contributed by atoms with Crippen molar-refractivity contribution < 1.29 is 23.9 Å². The molecule has 7 heteroatoms. The molecule has 0 aromatic heterocycles. The molecular formula is C20H19FN2O4. The van der Waals surface area contributed by atoms with Gasteiger partial charge < -0.3 is 15.7 Å². The summed E-state index contributed by atoms with van der Waals surface area (Å²) in [6.07, 6.45) is 1.41. The number of carbonyl (C=O) groups excluding carboxylic acids is 2. The molecule has 0 spiro atoms. The fourth-order valence-corrected chi connectivity index (χ4v) is 2.69. The number of carboxylic acid groups (broad SMARTS) is 1. The fraction of sp³-hybridized carbons (Fsp3) is 0.250. The molecule has 6 nitrogen and oxygen atoms in total. The van der Waals surface area contributed by atoms with Gasteiger partial charge in [-0.25, -0.2) is 4.39 Å². The number of hydrogen-bond acceptors (Lipinski definition) is 3. The van der Waals surface area contributed by atoms with Crippen LogP contribution in [0, 0.1) is 11.7 Å². The van der Waals surface area contributed by atoms with Crippen molar-refractivity contribution in [3.63, 3.8) is 0 Å². The van der Waals surface area contributed by atoms with Gasteiger partial charge in [-0.3, -0.25) is 14.4 Å². The van der Waals surface area contributed by atoms with Crippen LogP contribution in [0.25, 0.3) is 0 Å². The molecule has 3 N–H and O–H groups in total. The summed E-state index contributed by atoms with van der Waals surface area (Å²) < 4.78 is 13.1. The van der Waals surface area contributed by atoms with E-state index in [0.29, 0.717) is 16.8 Å². The highest BCUT2D eigenvalue weighted by molar-refractivity contribution is 5.98. The van der Waals surface area contributed by atoms with Gasteiger partial charge in [0.2, 0.25) is 5.91 Å². The van der Waals surface area contributed by atoms with E-state index in [9.17, 15) is 18.8 Å². The topological polar surface area (TPSA) is 95.5 Å². The summed E-state index contributed by atoms with van der Waals surface area (Å²) in [6.45, 7) is 0. The number of anilines is 1. The summed E-state index contributed by atoms with van der Waals surface area (Å²) in [7, 11) is 0.